The minimum Gasteiger partial charge on any atom is -0.352 e. The van der Waals surface area contributed by atoms with Gasteiger partial charge in [0.15, 0.2) is 0 Å². The van der Waals surface area contributed by atoms with Crippen LogP contribution in [-0.4, -0.2) is 36.8 Å². The van der Waals surface area contributed by atoms with Crippen LogP contribution in [0.3, 0.4) is 0 Å². The number of hydrogen-bond acceptors (Lipinski definition) is 3. The summed E-state index contributed by atoms with van der Waals surface area (Å²) in [7, 11) is 0. The van der Waals surface area contributed by atoms with E-state index in [4.69, 9.17) is 0 Å². The Morgan fingerprint density at radius 2 is 1.86 bits per heavy atom. The Hall–Kier alpha value is -1.69. The molecule has 1 aromatic rings. The SMILES string of the molecule is CC(C)NC(=O)CNC(=O)NCCSCc1ccccc1. The largest absolute Gasteiger partial charge is 0.352 e. The Balaban J connectivity index is 2.02. The molecular weight excluding hydrogens is 286 g/mol. The van der Waals surface area contributed by atoms with Gasteiger partial charge in [-0.25, -0.2) is 4.79 Å². The van der Waals surface area contributed by atoms with E-state index in [9.17, 15) is 9.59 Å². The van der Waals surface area contributed by atoms with Crippen LogP contribution in [0.1, 0.15) is 19.4 Å². The van der Waals surface area contributed by atoms with Gasteiger partial charge in [0, 0.05) is 24.1 Å². The van der Waals surface area contributed by atoms with Gasteiger partial charge in [-0.2, -0.15) is 11.8 Å². The number of carbonyl (C=O) groups is 2. The lowest BCUT2D eigenvalue weighted by Gasteiger charge is -2.10. The summed E-state index contributed by atoms with van der Waals surface area (Å²) < 4.78 is 0. The molecule has 1 aromatic carbocycles. The summed E-state index contributed by atoms with van der Waals surface area (Å²) >= 11 is 1.76. The van der Waals surface area contributed by atoms with Gasteiger partial charge in [-0.05, 0) is 19.4 Å². The molecular formula is C15H23N3O2S. The first kappa shape index (κ1) is 17.4. The maximum absolute atomic E-state index is 11.5. The van der Waals surface area contributed by atoms with Crippen LogP contribution in [-0.2, 0) is 10.5 Å². The molecule has 3 amide bonds. The molecule has 3 N–H and O–H groups in total. The highest BCUT2D eigenvalue weighted by atomic mass is 32.2. The van der Waals surface area contributed by atoms with Gasteiger partial charge in [-0.15, -0.1) is 0 Å². The third-order valence-electron chi connectivity index (χ3n) is 2.50. The molecule has 0 aliphatic heterocycles. The fourth-order valence-electron chi connectivity index (χ4n) is 1.60. The highest BCUT2D eigenvalue weighted by Crippen LogP contribution is 2.10. The van der Waals surface area contributed by atoms with E-state index >= 15 is 0 Å². The third kappa shape index (κ3) is 8.96. The number of thioether (sulfide) groups is 1. The molecule has 0 aliphatic carbocycles. The maximum atomic E-state index is 11.5. The summed E-state index contributed by atoms with van der Waals surface area (Å²) in [6, 6.07) is 9.97. The molecule has 5 nitrogen and oxygen atoms in total. The monoisotopic (exact) mass is 309 g/mol. The van der Waals surface area contributed by atoms with Crippen molar-refractivity contribution in [1.82, 2.24) is 16.0 Å². The van der Waals surface area contributed by atoms with Crippen LogP contribution in [0.25, 0.3) is 0 Å². The van der Waals surface area contributed by atoms with Crippen molar-refractivity contribution >= 4 is 23.7 Å². The number of nitrogens with one attached hydrogen (secondary N) is 3. The fourth-order valence-corrected chi connectivity index (χ4v) is 2.42. The summed E-state index contributed by atoms with van der Waals surface area (Å²) in [5.74, 6) is 1.58. The lowest BCUT2D eigenvalue weighted by atomic mass is 10.2. The molecule has 0 saturated heterocycles. The van der Waals surface area contributed by atoms with Crippen LogP contribution in [0.2, 0.25) is 0 Å². The lowest BCUT2D eigenvalue weighted by molar-refractivity contribution is -0.120. The molecule has 0 bridgehead atoms. The molecule has 0 fully saturated rings. The van der Waals surface area contributed by atoms with Gasteiger partial charge >= 0.3 is 6.03 Å². The number of rotatable bonds is 8. The molecule has 0 aromatic heterocycles. The van der Waals surface area contributed by atoms with E-state index in [1.165, 1.54) is 5.56 Å². The smallest absolute Gasteiger partial charge is 0.315 e. The zero-order chi connectivity index (χ0) is 15.5. The second-order valence-corrected chi connectivity index (χ2v) is 5.98. The molecule has 0 unspecified atom stereocenters. The minimum absolute atomic E-state index is 0.00116. The van der Waals surface area contributed by atoms with Crippen molar-refractivity contribution in [2.45, 2.75) is 25.6 Å². The van der Waals surface area contributed by atoms with Crippen molar-refractivity contribution < 1.29 is 9.59 Å². The van der Waals surface area contributed by atoms with Gasteiger partial charge in [-0.3, -0.25) is 4.79 Å². The summed E-state index contributed by atoms with van der Waals surface area (Å²) in [6.07, 6.45) is 0. The average molecular weight is 309 g/mol. The number of urea groups is 1. The Morgan fingerprint density at radius 3 is 2.52 bits per heavy atom. The Kier molecular flexibility index (Phi) is 8.35. The molecule has 0 heterocycles. The summed E-state index contributed by atoms with van der Waals surface area (Å²) in [5.41, 5.74) is 1.28. The quantitative estimate of drug-likeness (QED) is 0.641. The van der Waals surface area contributed by atoms with Crippen LogP contribution in [0.5, 0.6) is 0 Å². The molecule has 116 valence electrons. The fraction of sp³-hybridized carbons (Fsp3) is 0.467. The lowest BCUT2D eigenvalue weighted by Crippen LogP contribution is -2.44. The molecule has 0 aliphatic rings. The van der Waals surface area contributed by atoms with Gasteiger partial charge in [0.25, 0.3) is 0 Å². The molecule has 0 saturated carbocycles. The van der Waals surface area contributed by atoms with Crippen LogP contribution in [0.15, 0.2) is 30.3 Å². The first-order valence-electron chi connectivity index (χ1n) is 7.00. The molecule has 0 atom stereocenters. The van der Waals surface area contributed by atoms with Crippen LogP contribution < -0.4 is 16.0 Å². The Labute approximate surface area is 130 Å². The van der Waals surface area contributed by atoms with Crippen LogP contribution in [0, 0.1) is 0 Å². The van der Waals surface area contributed by atoms with Crippen LogP contribution in [0.4, 0.5) is 4.79 Å². The second kappa shape index (κ2) is 10.1. The number of carbonyl (C=O) groups excluding carboxylic acids is 2. The van der Waals surface area contributed by atoms with Crippen molar-refractivity contribution in [2.75, 3.05) is 18.8 Å². The standard InChI is InChI=1S/C15H23N3O2S/c1-12(2)18-14(19)10-17-15(20)16-8-9-21-11-13-6-4-3-5-7-13/h3-7,12H,8-11H2,1-2H3,(H,18,19)(H2,16,17,20). The predicted molar refractivity (Wildman–Crippen MR) is 87.3 cm³/mol. The van der Waals surface area contributed by atoms with E-state index in [1.54, 1.807) is 11.8 Å². The molecule has 0 radical (unpaired) electrons. The maximum Gasteiger partial charge on any atom is 0.315 e. The molecule has 6 heteroatoms. The summed E-state index contributed by atoms with van der Waals surface area (Å²) in [4.78, 5) is 22.8. The second-order valence-electron chi connectivity index (χ2n) is 4.87. The van der Waals surface area contributed by atoms with E-state index in [1.807, 2.05) is 32.0 Å². The van der Waals surface area contributed by atoms with Gasteiger partial charge in [0.05, 0.1) is 6.54 Å². The average Bonchev–Trinajstić information content (AvgIpc) is 2.45. The molecule has 1 rings (SSSR count). The van der Waals surface area contributed by atoms with Crippen molar-refractivity contribution in [2.24, 2.45) is 0 Å². The normalized spacial score (nSPS) is 10.2. The number of amides is 3. The number of hydrogen-bond donors (Lipinski definition) is 3. The predicted octanol–water partition coefficient (Wildman–Crippen LogP) is 1.74. The Bertz CT molecular complexity index is 438. The zero-order valence-electron chi connectivity index (χ0n) is 12.5. The highest BCUT2D eigenvalue weighted by molar-refractivity contribution is 7.98. The third-order valence-corrected chi connectivity index (χ3v) is 3.53. The van der Waals surface area contributed by atoms with Crippen molar-refractivity contribution in [3.8, 4) is 0 Å². The van der Waals surface area contributed by atoms with Gasteiger partial charge in [0.1, 0.15) is 0 Å². The van der Waals surface area contributed by atoms with Gasteiger partial charge in [-0.1, -0.05) is 30.3 Å². The van der Waals surface area contributed by atoms with E-state index < -0.39 is 0 Å². The van der Waals surface area contributed by atoms with Crippen molar-refractivity contribution in [3.05, 3.63) is 35.9 Å². The van der Waals surface area contributed by atoms with Crippen molar-refractivity contribution in [3.63, 3.8) is 0 Å². The number of benzene rings is 1. The first-order chi connectivity index (χ1) is 10.1. The summed E-state index contributed by atoms with van der Waals surface area (Å²) in [5, 5.41) is 7.96. The highest BCUT2D eigenvalue weighted by Gasteiger charge is 2.05. The van der Waals surface area contributed by atoms with Crippen LogP contribution >= 0.6 is 11.8 Å². The van der Waals surface area contributed by atoms with E-state index in [-0.39, 0.29) is 24.5 Å². The van der Waals surface area contributed by atoms with Gasteiger partial charge in [0.2, 0.25) is 5.91 Å². The molecule has 0 spiro atoms. The van der Waals surface area contributed by atoms with E-state index in [2.05, 4.69) is 28.1 Å². The Morgan fingerprint density at radius 1 is 1.14 bits per heavy atom. The summed E-state index contributed by atoms with van der Waals surface area (Å²) in [6.45, 7) is 4.33. The minimum atomic E-state index is -0.311. The topological polar surface area (TPSA) is 70.2 Å². The van der Waals surface area contributed by atoms with E-state index in [0.717, 1.165) is 11.5 Å². The van der Waals surface area contributed by atoms with Gasteiger partial charge < -0.3 is 16.0 Å². The van der Waals surface area contributed by atoms with Crippen molar-refractivity contribution in [1.29, 1.82) is 0 Å². The molecule has 21 heavy (non-hydrogen) atoms. The van der Waals surface area contributed by atoms with E-state index in [0.29, 0.717) is 6.54 Å². The first-order valence-corrected chi connectivity index (χ1v) is 8.16. The zero-order valence-corrected chi connectivity index (χ0v) is 13.3.